The topological polar surface area (TPSA) is 81.8 Å². The lowest BCUT2D eigenvalue weighted by atomic mass is 10.1. The number of aryl methyl sites for hydroxylation is 1. The van der Waals surface area contributed by atoms with Gasteiger partial charge in [0.2, 0.25) is 5.95 Å². The van der Waals surface area contributed by atoms with Gasteiger partial charge in [-0.05, 0) is 44.9 Å². The van der Waals surface area contributed by atoms with Crippen molar-refractivity contribution in [3.8, 4) is 11.3 Å². The molecule has 0 radical (unpaired) electrons. The zero-order valence-electron chi connectivity index (χ0n) is 19.0. The van der Waals surface area contributed by atoms with Gasteiger partial charge in [-0.2, -0.15) is 10.1 Å². The van der Waals surface area contributed by atoms with Crippen LogP contribution in [0.25, 0.3) is 22.4 Å². The van der Waals surface area contributed by atoms with Crippen LogP contribution < -0.4 is 4.90 Å². The Bertz CT molecular complexity index is 1290. The molecule has 8 nitrogen and oxygen atoms in total. The molecule has 2 aliphatic rings. The number of benzene rings is 1. The van der Waals surface area contributed by atoms with Gasteiger partial charge in [-0.3, -0.25) is 4.68 Å². The third-order valence-electron chi connectivity index (χ3n) is 5.67. The second-order valence-corrected chi connectivity index (χ2v) is 8.52. The number of fused-ring (bicyclic) bond motifs is 1. The average molecular weight is 466 g/mol. The molecule has 2 fully saturated rings. The lowest BCUT2D eigenvalue weighted by Gasteiger charge is -2.31. The summed E-state index contributed by atoms with van der Waals surface area (Å²) in [4.78, 5) is 19.8. The SMILES string of the molecule is Cc1cnc2c(-c3ccc(F)cc3F)nc(N3CCO[C@H](C)C3)nc2n1.c1cnn(C2CC2)c1. The first-order chi connectivity index (χ1) is 16.5. The fraction of sp³-hybridized carbons (Fsp3) is 0.375. The van der Waals surface area contributed by atoms with Gasteiger partial charge in [0.1, 0.15) is 22.8 Å². The molecule has 1 atom stereocenters. The Morgan fingerprint density at radius 3 is 2.68 bits per heavy atom. The highest BCUT2D eigenvalue weighted by atomic mass is 19.1. The van der Waals surface area contributed by atoms with E-state index in [0.29, 0.717) is 48.2 Å². The van der Waals surface area contributed by atoms with Crippen molar-refractivity contribution in [1.29, 1.82) is 0 Å². The summed E-state index contributed by atoms with van der Waals surface area (Å²) in [5.41, 5.74) is 1.93. The first kappa shape index (κ1) is 22.3. The van der Waals surface area contributed by atoms with E-state index in [1.54, 1.807) is 6.20 Å². The van der Waals surface area contributed by atoms with Crippen LogP contribution in [-0.2, 0) is 4.74 Å². The second kappa shape index (κ2) is 9.38. The molecule has 34 heavy (non-hydrogen) atoms. The van der Waals surface area contributed by atoms with Gasteiger partial charge < -0.3 is 9.64 Å². The van der Waals surface area contributed by atoms with Crippen molar-refractivity contribution >= 4 is 17.1 Å². The van der Waals surface area contributed by atoms with Crippen molar-refractivity contribution < 1.29 is 13.5 Å². The molecule has 176 valence electrons. The summed E-state index contributed by atoms with van der Waals surface area (Å²) in [5, 5.41) is 4.09. The molecule has 3 aromatic heterocycles. The molecule has 1 aromatic carbocycles. The van der Waals surface area contributed by atoms with Crippen molar-refractivity contribution in [2.45, 2.75) is 38.8 Å². The summed E-state index contributed by atoms with van der Waals surface area (Å²) >= 11 is 0. The van der Waals surface area contributed by atoms with E-state index in [2.05, 4.69) is 25.0 Å². The minimum atomic E-state index is -0.700. The van der Waals surface area contributed by atoms with E-state index in [1.165, 1.54) is 25.0 Å². The summed E-state index contributed by atoms with van der Waals surface area (Å²) in [6.07, 6.45) is 8.12. The van der Waals surface area contributed by atoms with E-state index in [4.69, 9.17) is 4.74 Å². The highest BCUT2D eigenvalue weighted by molar-refractivity contribution is 5.88. The van der Waals surface area contributed by atoms with Gasteiger partial charge in [-0.25, -0.2) is 23.7 Å². The fourth-order valence-electron chi connectivity index (χ4n) is 3.83. The molecule has 0 N–H and O–H groups in total. The Labute approximate surface area is 195 Å². The number of halogens is 2. The Morgan fingerprint density at radius 1 is 1.12 bits per heavy atom. The Kier molecular flexibility index (Phi) is 6.14. The fourth-order valence-corrected chi connectivity index (χ4v) is 3.83. The number of hydrogen-bond donors (Lipinski definition) is 0. The summed E-state index contributed by atoms with van der Waals surface area (Å²) in [7, 11) is 0. The minimum Gasteiger partial charge on any atom is -0.375 e. The zero-order chi connectivity index (χ0) is 23.7. The van der Waals surface area contributed by atoms with Crippen LogP contribution in [0.4, 0.5) is 14.7 Å². The van der Waals surface area contributed by atoms with Gasteiger partial charge in [0.25, 0.3) is 0 Å². The van der Waals surface area contributed by atoms with Crippen LogP contribution in [0.1, 0.15) is 31.5 Å². The first-order valence-electron chi connectivity index (χ1n) is 11.3. The predicted octanol–water partition coefficient (Wildman–Crippen LogP) is 4.12. The smallest absolute Gasteiger partial charge is 0.228 e. The van der Waals surface area contributed by atoms with Gasteiger partial charge in [0.15, 0.2) is 5.65 Å². The van der Waals surface area contributed by atoms with E-state index in [1.807, 2.05) is 41.9 Å². The summed E-state index contributed by atoms with van der Waals surface area (Å²) in [5.74, 6) is -0.909. The molecular weight excluding hydrogens is 440 g/mol. The Hall–Kier alpha value is -3.53. The highest BCUT2D eigenvalue weighted by Crippen LogP contribution is 2.33. The molecular formula is C24H25F2N7O. The minimum absolute atomic E-state index is 0.0395. The van der Waals surface area contributed by atoms with Gasteiger partial charge >= 0.3 is 0 Å². The van der Waals surface area contributed by atoms with E-state index < -0.39 is 11.6 Å². The van der Waals surface area contributed by atoms with E-state index in [9.17, 15) is 8.78 Å². The molecule has 1 saturated carbocycles. The van der Waals surface area contributed by atoms with E-state index in [-0.39, 0.29) is 11.7 Å². The molecule has 0 spiro atoms. The maximum Gasteiger partial charge on any atom is 0.228 e. The van der Waals surface area contributed by atoms with Crippen LogP contribution in [0.15, 0.2) is 42.9 Å². The number of morpholine rings is 1. The molecule has 0 bridgehead atoms. The van der Waals surface area contributed by atoms with Crippen molar-refractivity contribution in [3.05, 3.63) is 60.2 Å². The number of rotatable bonds is 3. The number of ether oxygens (including phenoxy) is 1. The molecule has 1 aliphatic heterocycles. The monoisotopic (exact) mass is 465 g/mol. The average Bonchev–Trinajstić information content (AvgIpc) is 3.52. The summed E-state index contributed by atoms with van der Waals surface area (Å²) in [6.45, 7) is 5.58. The number of nitrogens with zero attached hydrogens (tertiary/aromatic N) is 7. The summed E-state index contributed by atoms with van der Waals surface area (Å²) in [6, 6.07) is 6.11. The highest BCUT2D eigenvalue weighted by Gasteiger charge is 2.24. The molecule has 1 saturated heterocycles. The van der Waals surface area contributed by atoms with Crippen LogP contribution in [0, 0.1) is 18.6 Å². The van der Waals surface area contributed by atoms with Gasteiger partial charge in [-0.1, -0.05) is 0 Å². The van der Waals surface area contributed by atoms with Crippen LogP contribution in [0.5, 0.6) is 0 Å². The lowest BCUT2D eigenvalue weighted by molar-refractivity contribution is 0.0526. The first-order valence-corrected chi connectivity index (χ1v) is 11.3. The van der Waals surface area contributed by atoms with Crippen molar-refractivity contribution in [2.24, 2.45) is 0 Å². The number of aromatic nitrogens is 6. The van der Waals surface area contributed by atoms with E-state index >= 15 is 0 Å². The zero-order valence-corrected chi connectivity index (χ0v) is 19.0. The molecule has 4 heterocycles. The van der Waals surface area contributed by atoms with Crippen molar-refractivity contribution in [3.63, 3.8) is 0 Å². The van der Waals surface area contributed by atoms with Crippen LogP contribution in [-0.4, -0.2) is 55.5 Å². The maximum absolute atomic E-state index is 14.4. The Balaban J connectivity index is 0.000000252. The van der Waals surface area contributed by atoms with Crippen molar-refractivity contribution in [2.75, 3.05) is 24.6 Å². The van der Waals surface area contributed by atoms with Crippen LogP contribution >= 0.6 is 0 Å². The lowest BCUT2D eigenvalue weighted by Crippen LogP contribution is -2.42. The normalized spacial score (nSPS) is 18.0. The van der Waals surface area contributed by atoms with Crippen molar-refractivity contribution in [1.82, 2.24) is 29.7 Å². The molecule has 0 unspecified atom stereocenters. The summed E-state index contributed by atoms with van der Waals surface area (Å²) < 4.78 is 35.3. The molecule has 0 amide bonds. The Morgan fingerprint density at radius 2 is 1.97 bits per heavy atom. The molecule has 6 rings (SSSR count). The third kappa shape index (κ3) is 4.86. The maximum atomic E-state index is 14.4. The molecule has 4 aromatic rings. The number of anilines is 1. The standard InChI is InChI=1S/C18H17F2N5O.C6H8N2/c1-10-8-21-16-15(13-4-3-12(19)7-14(13)20)23-18(24-17(16)22-10)25-5-6-26-11(2)9-25;1-4-7-8(5-1)6-2-3-6/h3-4,7-8,11H,5-6,9H2,1-2H3;1,4-6H,2-3H2/t11-;/m1./s1. The van der Waals surface area contributed by atoms with Crippen LogP contribution in [0.3, 0.4) is 0 Å². The van der Waals surface area contributed by atoms with Gasteiger partial charge in [0.05, 0.1) is 24.4 Å². The quantitative estimate of drug-likeness (QED) is 0.450. The van der Waals surface area contributed by atoms with Gasteiger partial charge in [-0.15, -0.1) is 0 Å². The molecule has 1 aliphatic carbocycles. The largest absolute Gasteiger partial charge is 0.375 e. The van der Waals surface area contributed by atoms with E-state index in [0.717, 1.165) is 12.1 Å². The third-order valence-corrected chi connectivity index (χ3v) is 5.67. The second-order valence-electron chi connectivity index (χ2n) is 8.52. The predicted molar refractivity (Wildman–Crippen MR) is 123 cm³/mol. The molecule has 10 heteroatoms. The number of hydrogen-bond acceptors (Lipinski definition) is 7. The van der Waals surface area contributed by atoms with Gasteiger partial charge in [0, 0.05) is 43.3 Å². The van der Waals surface area contributed by atoms with Crippen LogP contribution in [0.2, 0.25) is 0 Å².